The van der Waals surface area contributed by atoms with Gasteiger partial charge in [0.25, 0.3) is 0 Å². The number of Topliss-reactive ketones (excluding diaryl/α,β-unsaturated/α-hetero) is 3. The van der Waals surface area contributed by atoms with Crippen molar-refractivity contribution in [2.24, 2.45) is 22.1 Å². The third-order valence-electron chi connectivity index (χ3n) is 9.31. The highest BCUT2D eigenvalue weighted by Gasteiger charge is 2.14. The number of hydrogen-bond donors (Lipinski definition) is 2. The van der Waals surface area contributed by atoms with Gasteiger partial charge in [-0.15, -0.1) is 0 Å². The Bertz CT molecular complexity index is 1500. The number of hydrogen-bond acceptors (Lipinski definition) is 20. The van der Waals surface area contributed by atoms with E-state index in [0.717, 1.165) is 6.42 Å². The van der Waals surface area contributed by atoms with E-state index >= 15 is 0 Å². The molecule has 0 amide bonds. The lowest BCUT2D eigenvalue weighted by Gasteiger charge is -2.10. The Labute approximate surface area is 395 Å². The molecule has 384 valence electrons. The summed E-state index contributed by atoms with van der Waals surface area (Å²) in [5.74, 6) is -2.02. The number of carbonyl (C=O) groups is 8. The molecule has 20 nitrogen and oxygen atoms in total. The van der Waals surface area contributed by atoms with Gasteiger partial charge < -0.3 is 48.3 Å². The number of esters is 5. The number of aliphatic hydroxyl groups excluding tert-OH is 2. The van der Waals surface area contributed by atoms with Crippen LogP contribution in [-0.2, 0) is 76.5 Å². The summed E-state index contributed by atoms with van der Waals surface area (Å²) < 4.78 is 31.7. The lowest BCUT2D eigenvalue weighted by molar-refractivity contribution is -0.145. The predicted molar refractivity (Wildman–Crippen MR) is 244 cm³/mol. The van der Waals surface area contributed by atoms with Crippen LogP contribution in [0.5, 0.6) is 0 Å². The molecule has 0 aliphatic carbocycles. The smallest absolute Gasteiger partial charge is 0.306 e. The molecule has 0 aromatic carbocycles. The van der Waals surface area contributed by atoms with E-state index in [-0.39, 0.29) is 173 Å². The summed E-state index contributed by atoms with van der Waals surface area (Å²) in [5, 5.41) is 25.9. The Kier molecular flexibility index (Phi) is 39.5. The Balaban J connectivity index is 5.02. The lowest BCUT2D eigenvalue weighted by atomic mass is 10.0. The van der Waals surface area contributed by atoms with Crippen LogP contribution in [0.15, 0.2) is 10.3 Å². The summed E-state index contributed by atoms with van der Waals surface area (Å²) in [7, 11) is 0. The van der Waals surface area contributed by atoms with Crippen molar-refractivity contribution in [3.05, 3.63) is 0 Å². The van der Waals surface area contributed by atoms with Crippen molar-refractivity contribution in [2.45, 2.75) is 156 Å². The van der Waals surface area contributed by atoms with Gasteiger partial charge in [0.1, 0.15) is 30.6 Å². The van der Waals surface area contributed by atoms with Crippen molar-refractivity contribution in [3.63, 3.8) is 0 Å². The second-order valence-electron chi connectivity index (χ2n) is 16.5. The lowest BCUT2D eigenvalue weighted by Crippen LogP contribution is -2.15. The van der Waals surface area contributed by atoms with E-state index in [4.69, 9.17) is 48.3 Å². The number of ketones is 3. The number of nitrogens with zero attached hydrogens (tertiary/aromatic N) is 2. The van der Waals surface area contributed by atoms with Gasteiger partial charge in [-0.2, -0.15) is 0 Å². The van der Waals surface area contributed by atoms with Crippen LogP contribution in [0.4, 0.5) is 0 Å². The molecule has 2 N–H and O–H groups in total. The van der Waals surface area contributed by atoms with E-state index in [9.17, 15) is 38.4 Å². The van der Waals surface area contributed by atoms with E-state index in [1.807, 2.05) is 27.7 Å². The summed E-state index contributed by atoms with van der Waals surface area (Å²) in [6.45, 7) is 8.23. The van der Waals surface area contributed by atoms with Crippen molar-refractivity contribution >= 4 is 58.6 Å². The minimum absolute atomic E-state index is 0.0112. The zero-order chi connectivity index (χ0) is 49.9. The average molecular weight is 959 g/mol. The van der Waals surface area contributed by atoms with Gasteiger partial charge in [0.05, 0.1) is 83.4 Å². The topological polar surface area (TPSA) is 276 Å². The predicted octanol–water partition coefficient (Wildman–Crippen LogP) is 5.27. The molecule has 0 aliphatic rings. The second-order valence-corrected chi connectivity index (χ2v) is 16.5. The average Bonchev–Trinajstić information content (AvgIpc) is 3.27. The quantitative estimate of drug-likeness (QED) is 0.0259. The monoisotopic (exact) mass is 959 g/mol. The summed E-state index contributed by atoms with van der Waals surface area (Å²) in [4.78, 5) is 107. The van der Waals surface area contributed by atoms with Crippen LogP contribution in [-0.4, -0.2) is 142 Å². The number of carbonyl (C=O) groups excluding carboxylic acids is 8. The molecule has 67 heavy (non-hydrogen) atoms. The fourth-order valence-electron chi connectivity index (χ4n) is 5.54. The molecule has 0 heterocycles. The highest BCUT2D eigenvalue weighted by Crippen LogP contribution is 2.10. The summed E-state index contributed by atoms with van der Waals surface area (Å²) in [5.41, 5.74) is 0.832. The maximum atomic E-state index is 12.4. The molecule has 0 aromatic heterocycles. The number of ether oxygens (including phenoxy) is 6. The molecule has 0 atom stereocenters. The molecule has 0 aliphatic heterocycles. The van der Waals surface area contributed by atoms with Crippen molar-refractivity contribution in [2.75, 3.05) is 72.7 Å². The van der Waals surface area contributed by atoms with E-state index in [0.29, 0.717) is 68.4 Å². The van der Waals surface area contributed by atoms with Crippen LogP contribution in [0, 0.1) is 11.8 Å². The molecule has 0 saturated heterocycles. The highest BCUT2D eigenvalue weighted by molar-refractivity contribution is 5.88. The van der Waals surface area contributed by atoms with Crippen molar-refractivity contribution < 1.29 is 86.7 Å². The Morgan fingerprint density at radius 1 is 0.373 bits per heavy atom. The van der Waals surface area contributed by atoms with Crippen LogP contribution < -0.4 is 0 Å². The summed E-state index contributed by atoms with van der Waals surface area (Å²) in [6.07, 6.45) is 4.27. The molecule has 0 spiro atoms. The molecular weight excluding hydrogens is 881 g/mol. The number of rotatable bonds is 45. The fourth-order valence-corrected chi connectivity index (χ4v) is 5.54. The molecule has 0 fully saturated rings. The van der Waals surface area contributed by atoms with Crippen molar-refractivity contribution in [1.82, 2.24) is 0 Å². The van der Waals surface area contributed by atoms with E-state index in [1.54, 1.807) is 0 Å². The van der Waals surface area contributed by atoms with Gasteiger partial charge in [0.15, 0.2) is 0 Å². The summed E-state index contributed by atoms with van der Waals surface area (Å²) >= 11 is 0. The third kappa shape index (κ3) is 42.3. The standard InChI is InChI=1S/C47H78N2O18/c1-36(2)21-28-63-43(55)10-6-8-27-62-45(57)16-12-39(23-30-65-47(59)18-14-41(53)20-25-51)49-67-34-32-60-31-33-66-48-38(22-29-64-46(58)17-13-40(52)19-24-50)11-15-44(56)61-26-7-5-9-42(54)35-37(3)4/h36-37,50-51H,5-35H2,1-4H3/b48-38?,49-39-. The molecule has 0 unspecified atom stereocenters. The van der Waals surface area contributed by atoms with E-state index in [2.05, 4.69) is 10.3 Å². The van der Waals surface area contributed by atoms with Crippen LogP contribution in [0.3, 0.4) is 0 Å². The molecular formula is C47H78N2O18. The first-order valence-electron chi connectivity index (χ1n) is 23.6. The number of unbranched alkanes of at least 4 members (excludes halogenated alkanes) is 2. The minimum Gasteiger partial charge on any atom is -0.466 e. The van der Waals surface area contributed by atoms with Crippen LogP contribution in [0.25, 0.3) is 0 Å². The zero-order valence-electron chi connectivity index (χ0n) is 40.4. The largest absolute Gasteiger partial charge is 0.466 e. The maximum absolute atomic E-state index is 12.4. The molecule has 20 heteroatoms. The Hall–Kier alpha value is -4.82. The molecule has 0 bridgehead atoms. The van der Waals surface area contributed by atoms with E-state index < -0.39 is 23.9 Å². The Morgan fingerprint density at radius 2 is 0.776 bits per heavy atom. The summed E-state index contributed by atoms with van der Waals surface area (Å²) in [6, 6.07) is 0. The first kappa shape index (κ1) is 62.2. The van der Waals surface area contributed by atoms with Gasteiger partial charge in [0.2, 0.25) is 0 Å². The van der Waals surface area contributed by atoms with Gasteiger partial charge in [-0.25, -0.2) is 0 Å². The minimum atomic E-state index is -0.596. The first-order valence-corrected chi connectivity index (χ1v) is 23.6. The normalized spacial score (nSPS) is 11.6. The fraction of sp³-hybridized carbons (Fsp3) is 0.787. The molecule has 0 saturated carbocycles. The molecule has 0 aromatic rings. The van der Waals surface area contributed by atoms with Crippen LogP contribution in [0.1, 0.15) is 156 Å². The van der Waals surface area contributed by atoms with Crippen LogP contribution in [0.2, 0.25) is 0 Å². The van der Waals surface area contributed by atoms with E-state index in [1.165, 1.54) is 0 Å². The molecule has 0 rings (SSSR count). The number of oxime groups is 2. The first-order chi connectivity index (χ1) is 32.1. The van der Waals surface area contributed by atoms with Gasteiger partial charge >= 0.3 is 29.8 Å². The van der Waals surface area contributed by atoms with Gasteiger partial charge in [-0.1, -0.05) is 38.0 Å². The molecule has 0 radical (unpaired) electrons. The van der Waals surface area contributed by atoms with Crippen LogP contribution >= 0.6 is 0 Å². The maximum Gasteiger partial charge on any atom is 0.306 e. The second kappa shape index (κ2) is 42.5. The highest BCUT2D eigenvalue weighted by atomic mass is 16.7. The third-order valence-corrected chi connectivity index (χ3v) is 9.31. The van der Waals surface area contributed by atoms with Gasteiger partial charge in [0, 0.05) is 71.0 Å². The Morgan fingerprint density at radius 3 is 1.21 bits per heavy atom. The van der Waals surface area contributed by atoms with Crippen molar-refractivity contribution in [1.29, 1.82) is 0 Å². The van der Waals surface area contributed by atoms with Crippen molar-refractivity contribution in [3.8, 4) is 0 Å². The number of aliphatic hydroxyl groups is 2. The zero-order valence-corrected chi connectivity index (χ0v) is 40.4. The SMILES string of the molecule is CC(C)CCOC(=O)CCCCOC(=O)CC/C(CCOC(=O)CCC(=O)CCO)=N/OCCOCCON=C(CCOC(=O)CCC(=O)CCO)CCC(=O)OCCCCC(=O)CC(C)C. The van der Waals surface area contributed by atoms with Gasteiger partial charge in [-0.3, -0.25) is 38.4 Å². The van der Waals surface area contributed by atoms with Gasteiger partial charge in [-0.05, 0) is 56.8 Å².